The quantitative estimate of drug-likeness (QED) is 0.660. The van der Waals surface area contributed by atoms with E-state index < -0.39 is 0 Å². The Bertz CT molecular complexity index is 997. The third-order valence-corrected chi connectivity index (χ3v) is 4.39. The summed E-state index contributed by atoms with van der Waals surface area (Å²) >= 11 is 0. The Hall–Kier alpha value is -3.16. The topological polar surface area (TPSA) is 102 Å². The number of fused-ring (bicyclic) bond motifs is 1. The van der Waals surface area contributed by atoms with E-state index in [4.69, 9.17) is 4.52 Å². The van der Waals surface area contributed by atoms with Crippen molar-refractivity contribution in [2.45, 2.75) is 45.4 Å². The third-order valence-electron chi connectivity index (χ3n) is 4.39. The van der Waals surface area contributed by atoms with Gasteiger partial charge in [0.15, 0.2) is 5.82 Å². The van der Waals surface area contributed by atoms with Crippen LogP contribution in [0.3, 0.4) is 0 Å². The van der Waals surface area contributed by atoms with Crippen LogP contribution in [0.25, 0.3) is 10.9 Å². The summed E-state index contributed by atoms with van der Waals surface area (Å²) in [5.74, 6) is 0.535. The van der Waals surface area contributed by atoms with E-state index in [9.17, 15) is 9.59 Å². The number of carbonyl (C=O) groups is 2. The van der Waals surface area contributed by atoms with Gasteiger partial charge in [-0.1, -0.05) is 44.1 Å². The normalized spacial score (nSPS) is 11.6. The molecular formula is C20H25N5O3. The molecule has 0 saturated heterocycles. The first-order valence-corrected chi connectivity index (χ1v) is 9.22. The number of nitrogens with one attached hydrogen (secondary N) is 2. The first kappa shape index (κ1) is 19.6. The maximum Gasteiger partial charge on any atom is 0.271 e. The molecule has 8 heteroatoms. The summed E-state index contributed by atoms with van der Waals surface area (Å²) in [5.41, 5.74) is 6.22. The van der Waals surface area contributed by atoms with Gasteiger partial charge in [-0.05, 0) is 12.5 Å². The van der Waals surface area contributed by atoms with Crippen molar-refractivity contribution in [1.29, 1.82) is 0 Å². The largest absolute Gasteiger partial charge is 0.350 e. The molecular weight excluding hydrogens is 358 g/mol. The van der Waals surface area contributed by atoms with E-state index in [1.807, 2.05) is 56.7 Å². The number of nitrogens with zero attached hydrogens (tertiary/aromatic N) is 3. The number of benzene rings is 1. The fraction of sp³-hybridized carbons (Fsp3) is 0.400. The van der Waals surface area contributed by atoms with Crippen molar-refractivity contribution in [1.82, 2.24) is 25.6 Å². The monoisotopic (exact) mass is 383 g/mol. The highest BCUT2D eigenvalue weighted by Gasteiger charge is 2.21. The Labute approximate surface area is 163 Å². The van der Waals surface area contributed by atoms with Crippen LogP contribution in [0, 0.1) is 0 Å². The van der Waals surface area contributed by atoms with E-state index in [1.165, 1.54) is 0 Å². The summed E-state index contributed by atoms with van der Waals surface area (Å²) < 4.78 is 7.08. The molecule has 2 amide bonds. The average molecular weight is 383 g/mol. The fourth-order valence-electron chi connectivity index (χ4n) is 2.84. The molecule has 0 saturated carbocycles. The van der Waals surface area contributed by atoms with Gasteiger partial charge in [-0.15, -0.1) is 0 Å². The van der Waals surface area contributed by atoms with Crippen molar-refractivity contribution in [3.8, 4) is 0 Å². The van der Waals surface area contributed by atoms with Gasteiger partial charge in [-0.25, -0.2) is 0 Å². The number of aryl methyl sites for hydroxylation is 2. The van der Waals surface area contributed by atoms with E-state index in [1.54, 1.807) is 6.20 Å². The highest BCUT2D eigenvalue weighted by Crippen LogP contribution is 2.20. The highest BCUT2D eigenvalue weighted by atomic mass is 16.5. The molecule has 0 bridgehead atoms. The second kappa shape index (κ2) is 7.84. The van der Waals surface area contributed by atoms with Gasteiger partial charge >= 0.3 is 0 Å². The first-order chi connectivity index (χ1) is 13.3. The lowest BCUT2D eigenvalue weighted by Crippen LogP contribution is -2.41. The number of hydrogen-bond acceptors (Lipinski definition) is 5. The van der Waals surface area contributed by atoms with Crippen LogP contribution in [0.5, 0.6) is 0 Å². The molecule has 0 aliphatic heterocycles. The summed E-state index contributed by atoms with van der Waals surface area (Å²) in [6.07, 6.45) is 3.03. The smallest absolute Gasteiger partial charge is 0.271 e. The van der Waals surface area contributed by atoms with Crippen molar-refractivity contribution in [2.75, 3.05) is 0 Å². The molecule has 2 N–H and O–H groups in total. The minimum atomic E-state index is -0.350. The third kappa shape index (κ3) is 4.39. The number of amides is 2. The molecule has 0 atom stereocenters. The van der Waals surface area contributed by atoms with E-state index in [0.717, 1.165) is 10.9 Å². The van der Waals surface area contributed by atoms with Crippen LogP contribution < -0.4 is 10.9 Å². The van der Waals surface area contributed by atoms with Gasteiger partial charge in [0, 0.05) is 42.4 Å². The minimum absolute atomic E-state index is 0.176. The summed E-state index contributed by atoms with van der Waals surface area (Å²) in [6.45, 7) is 6.02. The van der Waals surface area contributed by atoms with Gasteiger partial charge in [-0.3, -0.25) is 20.4 Å². The molecule has 0 aliphatic rings. The fourth-order valence-corrected chi connectivity index (χ4v) is 2.84. The van der Waals surface area contributed by atoms with Crippen LogP contribution in [0.15, 0.2) is 35.0 Å². The standard InChI is InChI=1S/C20H25N5O3/c1-20(2,3)19-21-17(28-24-19)11-7-10-16(26)22-23-18(27)14-12-25(4)15-9-6-5-8-13(14)15/h5-6,8-9,12H,7,10-11H2,1-4H3,(H,22,26)(H,23,27). The zero-order chi connectivity index (χ0) is 20.3. The molecule has 0 aliphatic carbocycles. The molecule has 28 heavy (non-hydrogen) atoms. The number of hydrogen-bond donors (Lipinski definition) is 2. The Morgan fingerprint density at radius 1 is 1.18 bits per heavy atom. The van der Waals surface area contributed by atoms with Crippen LogP contribution in [0.2, 0.25) is 0 Å². The lowest BCUT2D eigenvalue weighted by Gasteiger charge is -2.10. The highest BCUT2D eigenvalue weighted by molar-refractivity contribution is 6.07. The van der Waals surface area contributed by atoms with Gasteiger partial charge in [0.05, 0.1) is 5.56 Å². The molecule has 0 radical (unpaired) electrons. The minimum Gasteiger partial charge on any atom is -0.350 e. The Morgan fingerprint density at radius 2 is 1.93 bits per heavy atom. The van der Waals surface area contributed by atoms with Gasteiger partial charge in [-0.2, -0.15) is 4.98 Å². The summed E-state index contributed by atoms with van der Waals surface area (Å²) in [5, 5.41) is 4.80. The Morgan fingerprint density at radius 3 is 2.64 bits per heavy atom. The van der Waals surface area contributed by atoms with Crippen LogP contribution in [0.4, 0.5) is 0 Å². The second-order valence-corrected chi connectivity index (χ2v) is 7.79. The molecule has 1 aromatic carbocycles. The molecule has 148 valence electrons. The lowest BCUT2D eigenvalue weighted by molar-refractivity contribution is -0.121. The van der Waals surface area contributed by atoms with Crippen LogP contribution in [-0.2, 0) is 23.7 Å². The predicted octanol–water partition coefficient (Wildman–Crippen LogP) is 2.64. The molecule has 3 rings (SSSR count). The lowest BCUT2D eigenvalue weighted by atomic mass is 9.96. The van der Waals surface area contributed by atoms with Gasteiger partial charge < -0.3 is 9.09 Å². The van der Waals surface area contributed by atoms with Gasteiger partial charge in [0.2, 0.25) is 11.8 Å². The first-order valence-electron chi connectivity index (χ1n) is 9.22. The summed E-state index contributed by atoms with van der Waals surface area (Å²) in [7, 11) is 1.88. The van der Waals surface area contributed by atoms with Crippen molar-refractivity contribution in [2.24, 2.45) is 7.05 Å². The zero-order valence-electron chi connectivity index (χ0n) is 16.6. The number of carbonyl (C=O) groups excluding carboxylic acids is 2. The molecule has 2 heterocycles. The van der Waals surface area contributed by atoms with Crippen LogP contribution in [-0.4, -0.2) is 26.5 Å². The van der Waals surface area contributed by atoms with E-state index in [-0.39, 0.29) is 23.7 Å². The number of para-hydroxylation sites is 1. The van der Waals surface area contributed by atoms with E-state index in [2.05, 4.69) is 21.0 Å². The van der Waals surface area contributed by atoms with Crippen molar-refractivity contribution >= 4 is 22.7 Å². The van der Waals surface area contributed by atoms with Crippen molar-refractivity contribution in [3.63, 3.8) is 0 Å². The Kier molecular flexibility index (Phi) is 5.48. The molecule has 3 aromatic rings. The number of rotatable bonds is 5. The summed E-state index contributed by atoms with van der Waals surface area (Å²) in [4.78, 5) is 28.7. The van der Waals surface area contributed by atoms with Crippen molar-refractivity contribution < 1.29 is 14.1 Å². The Balaban J connectivity index is 1.47. The number of aromatic nitrogens is 3. The predicted molar refractivity (Wildman–Crippen MR) is 104 cm³/mol. The molecule has 2 aromatic heterocycles. The van der Waals surface area contributed by atoms with Gasteiger partial charge in [0.25, 0.3) is 5.91 Å². The molecule has 0 fully saturated rings. The zero-order valence-corrected chi connectivity index (χ0v) is 16.6. The van der Waals surface area contributed by atoms with Crippen molar-refractivity contribution in [3.05, 3.63) is 47.7 Å². The maximum absolute atomic E-state index is 12.4. The van der Waals surface area contributed by atoms with Crippen LogP contribution in [0.1, 0.15) is 55.7 Å². The maximum atomic E-state index is 12.4. The number of hydrazine groups is 1. The SMILES string of the molecule is Cn1cc(C(=O)NNC(=O)CCCc2nc(C(C)(C)C)no2)c2ccccc21. The van der Waals surface area contributed by atoms with E-state index in [0.29, 0.717) is 30.1 Å². The van der Waals surface area contributed by atoms with Gasteiger partial charge in [0.1, 0.15) is 0 Å². The summed E-state index contributed by atoms with van der Waals surface area (Å²) in [6, 6.07) is 7.61. The molecule has 8 nitrogen and oxygen atoms in total. The van der Waals surface area contributed by atoms with E-state index >= 15 is 0 Å². The molecule has 0 spiro atoms. The molecule has 0 unspecified atom stereocenters. The second-order valence-electron chi connectivity index (χ2n) is 7.79. The van der Waals surface area contributed by atoms with Crippen LogP contribution >= 0.6 is 0 Å². The average Bonchev–Trinajstić information content (AvgIpc) is 3.25.